The molecule has 0 aliphatic heterocycles. The fourth-order valence-corrected chi connectivity index (χ4v) is 9.10. The highest BCUT2D eigenvalue weighted by Crippen LogP contribution is 2.38. The molecule has 0 spiro atoms. The second-order valence-electron chi connectivity index (χ2n) is 22.7. The molecule has 0 aliphatic carbocycles. The average molecular weight is 1210 g/mol. The van der Waals surface area contributed by atoms with E-state index < -0.39 is 32.5 Å². The van der Waals surface area contributed by atoms with E-state index in [1.165, 1.54) is 70.6 Å². The van der Waals surface area contributed by atoms with Crippen LogP contribution in [-0.2, 0) is 32.7 Å². The van der Waals surface area contributed by atoms with E-state index in [2.05, 4.69) is 190 Å². The zero-order chi connectivity index (χ0) is 62.6. The van der Waals surface area contributed by atoms with Crippen LogP contribution in [0.1, 0.15) is 232 Å². The number of likely N-dealkylation sites (N-methyl/N-ethyl adjacent to an activating group) is 1. The highest BCUT2D eigenvalue weighted by Gasteiger charge is 2.21. The molecule has 0 heterocycles. The van der Waals surface area contributed by atoms with Crippen LogP contribution in [0.4, 0.5) is 0 Å². The number of carbonyl (C=O) groups is 2. The normalized spacial score (nSPS) is 14.3. The van der Waals surface area contributed by atoms with E-state index in [1.54, 1.807) is 0 Å². The monoisotopic (exact) mass is 1210 g/mol. The molecule has 0 aromatic carbocycles. The maximum absolute atomic E-state index is 12.8. The Morgan fingerprint density at radius 3 is 0.965 bits per heavy atom. The topological polar surface area (TPSA) is 111 Å². The zero-order valence-electron chi connectivity index (χ0n) is 54.9. The van der Waals surface area contributed by atoms with Crippen LogP contribution in [0.25, 0.3) is 0 Å². The number of nitrogens with zero attached hydrogens (tertiary/aromatic N) is 1. The van der Waals surface area contributed by atoms with Crippen LogP contribution < -0.4 is 4.89 Å². The number of esters is 2. The van der Waals surface area contributed by atoms with Crippen LogP contribution in [0, 0.1) is 0 Å². The third-order valence-corrected chi connectivity index (χ3v) is 14.4. The number of phosphoric ester groups is 1. The average Bonchev–Trinajstić information content (AvgIpc) is 3.67. The summed E-state index contributed by atoms with van der Waals surface area (Å²) in [7, 11) is 1.10. The lowest BCUT2D eigenvalue weighted by Crippen LogP contribution is -2.37. The minimum atomic E-state index is -4.67. The molecular weight excluding hydrogens is 1090 g/mol. The molecule has 2 unspecified atom stereocenters. The molecular formula is C76H122NO8P. The minimum Gasteiger partial charge on any atom is -0.756 e. The van der Waals surface area contributed by atoms with Crippen LogP contribution in [-0.4, -0.2) is 70.0 Å². The number of phosphoric acid groups is 1. The third kappa shape index (κ3) is 68.2. The predicted octanol–water partition coefficient (Wildman–Crippen LogP) is 21.3. The van der Waals surface area contributed by atoms with Crippen LogP contribution >= 0.6 is 7.82 Å². The number of rotatable bonds is 59. The van der Waals surface area contributed by atoms with E-state index in [0.29, 0.717) is 30.3 Å². The maximum atomic E-state index is 12.8. The van der Waals surface area contributed by atoms with Gasteiger partial charge in [0.15, 0.2) is 6.10 Å². The Morgan fingerprint density at radius 1 is 0.360 bits per heavy atom. The first-order valence-electron chi connectivity index (χ1n) is 33.5. The fourth-order valence-electron chi connectivity index (χ4n) is 8.37. The van der Waals surface area contributed by atoms with Crippen molar-refractivity contribution in [3.8, 4) is 0 Å². The van der Waals surface area contributed by atoms with Gasteiger partial charge in [0, 0.05) is 12.8 Å². The third-order valence-electron chi connectivity index (χ3n) is 13.4. The van der Waals surface area contributed by atoms with Gasteiger partial charge in [-0.05, 0) is 128 Å². The van der Waals surface area contributed by atoms with Gasteiger partial charge in [-0.3, -0.25) is 14.2 Å². The van der Waals surface area contributed by atoms with E-state index >= 15 is 0 Å². The predicted molar refractivity (Wildman–Crippen MR) is 369 cm³/mol. The summed E-state index contributed by atoms with van der Waals surface area (Å²) in [6, 6.07) is 0. The smallest absolute Gasteiger partial charge is 0.306 e. The Balaban J connectivity index is 4.22. The first-order chi connectivity index (χ1) is 42.0. The van der Waals surface area contributed by atoms with Gasteiger partial charge in [-0.2, -0.15) is 0 Å². The Kier molecular flexibility index (Phi) is 60.9. The van der Waals surface area contributed by atoms with Crippen LogP contribution in [0.2, 0.25) is 0 Å². The van der Waals surface area contributed by atoms with Crippen molar-refractivity contribution in [2.45, 2.75) is 238 Å². The van der Waals surface area contributed by atoms with Gasteiger partial charge < -0.3 is 27.9 Å². The first kappa shape index (κ1) is 81.1. The van der Waals surface area contributed by atoms with Crippen molar-refractivity contribution in [1.82, 2.24) is 0 Å². The van der Waals surface area contributed by atoms with Crippen LogP contribution in [0.3, 0.4) is 0 Å². The maximum Gasteiger partial charge on any atom is 0.306 e. The lowest BCUT2D eigenvalue weighted by atomic mass is 10.0. The Labute approximate surface area is 527 Å². The second kappa shape index (κ2) is 64.6. The molecule has 0 amide bonds. The summed E-state index contributed by atoms with van der Waals surface area (Å²) in [5.41, 5.74) is 0. The number of hydrogen-bond acceptors (Lipinski definition) is 8. The Bertz CT molecular complexity index is 2100. The number of quaternary nitrogens is 1. The molecule has 2 atom stereocenters. The van der Waals surface area contributed by atoms with Gasteiger partial charge in [0.25, 0.3) is 7.82 Å². The summed E-state index contributed by atoms with van der Waals surface area (Å²) in [4.78, 5) is 38.0. The number of unbranched alkanes of at least 4 members (excludes halogenated alkanes) is 15. The Morgan fingerprint density at radius 2 is 0.640 bits per heavy atom. The molecule has 0 fully saturated rings. The lowest BCUT2D eigenvalue weighted by molar-refractivity contribution is -0.870. The van der Waals surface area contributed by atoms with Gasteiger partial charge in [0.2, 0.25) is 0 Å². The van der Waals surface area contributed by atoms with Gasteiger partial charge in [0.05, 0.1) is 27.7 Å². The van der Waals surface area contributed by atoms with Crippen molar-refractivity contribution in [2.24, 2.45) is 0 Å². The molecule has 0 aliphatic rings. The summed E-state index contributed by atoms with van der Waals surface area (Å²) in [6.45, 7) is 3.93. The highest BCUT2D eigenvalue weighted by atomic mass is 31.2. The number of allylic oxidation sites excluding steroid dienone is 30. The van der Waals surface area contributed by atoms with Crippen molar-refractivity contribution < 1.29 is 42.1 Å². The first-order valence-corrected chi connectivity index (χ1v) is 35.0. The molecule has 0 bridgehead atoms. The van der Waals surface area contributed by atoms with Crippen LogP contribution in [0.5, 0.6) is 0 Å². The summed E-state index contributed by atoms with van der Waals surface area (Å²) >= 11 is 0. The molecule has 0 radical (unpaired) electrons. The highest BCUT2D eigenvalue weighted by molar-refractivity contribution is 7.45. The zero-order valence-corrected chi connectivity index (χ0v) is 55.8. The summed E-state index contributed by atoms with van der Waals surface area (Å²) in [5, 5.41) is 0. The lowest BCUT2D eigenvalue weighted by Gasteiger charge is -2.28. The van der Waals surface area contributed by atoms with Gasteiger partial charge in [-0.1, -0.05) is 273 Å². The van der Waals surface area contributed by atoms with E-state index in [1.807, 2.05) is 27.2 Å². The van der Waals surface area contributed by atoms with Gasteiger partial charge in [-0.25, -0.2) is 0 Å². The van der Waals surface area contributed by atoms with Crippen molar-refractivity contribution in [3.63, 3.8) is 0 Å². The Hall–Kier alpha value is -4.89. The molecule has 86 heavy (non-hydrogen) atoms. The molecule has 0 saturated carbocycles. The number of hydrogen-bond donors (Lipinski definition) is 0. The fraction of sp³-hybridized carbons (Fsp3) is 0.579. The SMILES string of the molecule is CC/C=C\C/C=C\C/C=C\C/C=C\C/C=C\C/C=C\C/C=C\C/C=C\C/C=C\CCCC(=O)OC(COC(=O)CCCCCCCCCCCCCCCC/C=C\C/C=C\C/C=C\C/C=C\C/C=C\C/C=C\CC)COP(=O)([O-])OCC[N+](C)(C)C. The largest absolute Gasteiger partial charge is 0.756 e. The van der Waals surface area contributed by atoms with E-state index in [4.69, 9.17) is 18.5 Å². The van der Waals surface area contributed by atoms with Crippen molar-refractivity contribution in [3.05, 3.63) is 182 Å². The molecule has 10 heteroatoms. The standard InChI is InChI=1S/C76H122NO8P/c1-6-8-10-12-14-16-18-20-22-24-26-28-30-32-34-36-37-38-39-41-42-44-46-48-50-52-54-56-58-60-62-64-66-68-75(78)82-72-74(73-84-86(80,81)83-71-70-77(3,4)5)85-76(79)69-67-65-63-61-59-57-55-53-51-49-47-45-43-40-35-33-31-29-27-25-23-21-19-17-15-13-11-9-7-2/h8-11,14-17,20-23,26-29,32-35,37-38,43,45,49,51,55,57,61,63,74H,6-7,12-13,18-19,24-25,30-31,36,39-42,44,46-48,50,52-54,56,58-60,62,64-73H2,1-5H3/b10-8-,11-9-,16-14-,17-15-,22-20-,23-21-,28-26-,29-27-,34-32-,35-33-,38-37-,45-43-,51-49-,57-55-,63-61-. The van der Waals surface area contributed by atoms with E-state index in [0.717, 1.165) is 116 Å². The van der Waals surface area contributed by atoms with E-state index in [-0.39, 0.29) is 26.1 Å². The minimum absolute atomic E-state index is 0.0517. The molecule has 0 rings (SSSR count). The van der Waals surface area contributed by atoms with Crippen molar-refractivity contribution >= 4 is 19.8 Å². The summed E-state index contributed by atoms with van der Waals surface area (Å²) in [5.74, 6) is -0.916. The van der Waals surface area contributed by atoms with E-state index in [9.17, 15) is 19.0 Å². The van der Waals surface area contributed by atoms with Gasteiger partial charge >= 0.3 is 11.9 Å². The van der Waals surface area contributed by atoms with Crippen LogP contribution in [0.15, 0.2) is 182 Å². The summed E-state index contributed by atoms with van der Waals surface area (Å²) in [6.07, 6.45) is 99.7. The number of carbonyl (C=O) groups excluding carboxylic acids is 2. The second-order valence-corrected chi connectivity index (χ2v) is 24.1. The molecule has 0 aromatic rings. The quantitative estimate of drug-likeness (QED) is 0.0195. The molecule has 0 aromatic heterocycles. The van der Waals surface area contributed by atoms with Gasteiger partial charge in [0.1, 0.15) is 19.8 Å². The molecule has 9 nitrogen and oxygen atoms in total. The molecule has 484 valence electrons. The van der Waals surface area contributed by atoms with Gasteiger partial charge in [-0.15, -0.1) is 0 Å². The molecule has 0 N–H and O–H groups in total. The summed E-state index contributed by atoms with van der Waals surface area (Å²) < 4.78 is 34.2. The molecule has 0 saturated heterocycles. The number of ether oxygens (including phenoxy) is 2. The van der Waals surface area contributed by atoms with Crippen molar-refractivity contribution in [2.75, 3.05) is 47.5 Å². The van der Waals surface area contributed by atoms with Crippen molar-refractivity contribution in [1.29, 1.82) is 0 Å².